The van der Waals surface area contributed by atoms with Gasteiger partial charge in [-0.15, -0.1) is 10.2 Å². The Morgan fingerprint density at radius 3 is 2.56 bits per heavy atom. The molecule has 0 saturated carbocycles. The molecule has 0 amide bonds. The van der Waals surface area contributed by atoms with E-state index in [0.717, 1.165) is 16.2 Å². The molecular weight excluding hydrogens is 334 g/mol. The van der Waals surface area contributed by atoms with Crippen molar-refractivity contribution in [3.8, 4) is 11.3 Å². The lowest BCUT2D eigenvalue weighted by atomic mass is 10.1. The number of hydrogen-bond donors (Lipinski definition) is 3. The van der Waals surface area contributed by atoms with Gasteiger partial charge in [0.2, 0.25) is 5.16 Å². The van der Waals surface area contributed by atoms with E-state index in [1.54, 1.807) is 4.52 Å². The van der Waals surface area contributed by atoms with E-state index >= 15 is 0 Å². The number of rotatable bonds is 4. The van der Waals surface area contributed by atoms with Crippen LogP contribution in [0.25, 0.3) is 16.9 Å². The lowest BCUT2D eigenvalue weighted by molar-refractivity contribution is 0.813. The van der Waals surface area contributed by atoms with Gasteiger partial charge >= 0.3 is 0 Å². The van der Waals surface area contributed by atoms with Gasteiger partial charge in [0, 0.05) is 10.5 Å². The third-order valence-electron chi connectivity index (χ3n) is 3.69. The Kier molecular flexibility index (Phi) is 3.96. The Labute approximate surface area is 148 Å². The molecule has 2 aromatic heterocycles. The van der Waals surface area contributed by atoms with Crippen molar-refractivity contribution in [1.82, 2.24) is 19.8 Å². The molecule has 0 aliphatic heterocycles. The fourth-order valence-electron chi connectivity index (χ4n) is 2.44. The van der Waals surface area contributed by atoms with Crippen LogP contribution in [0, 0.1) is 0 Å². The summed E-state index contributed by atoms with van der Waals surface area (Å²) in [5.74, 6) is 5.41. The molecule has 8 heteroatoms. The van der Waals surface area contributed by atoms with Crippen LogP contribution in [0.5, 0.6) is 0 Å². The van der Waals surface area contributed by atoms with E-state index in [9.17, 15) is 0 Å². The third kappa shape index (κ3) is 3.00. The van der Waals surface area contributed by atoms with Crippen LogP contribution in [0.15, 0.2) is 70.7 Å². The summed E-state index contributed by atoms with van der Waals surface area (Å²) in [4.78, 5) is 0.928. The van der Waals surface area contributed by atoms with Crippen molar-refractivity contribution < 1.29 is 0 Å². The number of anilines is 2. The van der Waals surface area contributed by atoms with Gasteiger partial charge in [-0.05, 0) is 42.1 Å². The molecule has 25 heavy (non-hydrogen) atoms. The molecule has 124 valence electrons. The number of hydrazine groups is 1. The van der Waals surface area contributed by atoms with Crippen LogP contribution in [0.1, 0.15) is 0 Å². The summed E-state index contributed by atoms with van der Waals surface area (Å²) in [5, 5.41) is 13.7. The summed E-state index contributed by atoms with van der Waals surface area (Å²) in [6, 6.07) is 19.4. The van der Waals surface area contributed by atoms with E-state index in [1.165, 1.54) is 11.8 Å². The standard InChI is InChI=1S/C17H15N7S/c18-13-10-12(6-7-15(13)20-19)25-17-22-21-16-9-8-14(23-24(16)17)11-4-2-1-3-5-11/h1-10,20H,18-19H2. The Bertz CT molecular complexity index is 1030. The lowest BCUT2D eigenvalue weighted by Gasteiger charge is -2.06. The highest BCUT2D eigenvalue weighted by atomic mass is 32.2. The van der Waals surface area contributed by atoms with Crippen LogP contribution >= 0.6 is 11.8 Å². The zero-order chi connectivity index (χ0) is 17.2. The zero-order valence-electron chi connectivity index (χ0n) is 13.1. The normalized spacial score (nSPS) is 10.9. The van der Waals surface area contributed by atoms with E-state index in [2.05, 4.69) is 20.7 Å². The van der Waals surface area contributed by atoms with Crippen LogP contribution in [0.3, 0.4) is 0 Å². The summed E-state index contributed by atoms with van der Waals surface area (Å²) in [5.41, 5.74) is 12.4. The molecule has 7 nitrogen and oxygen atoms in total. The topological polar surface area (TPSA) is 107 Å². The molecule has 0 bridgehead atoms. The molecule has 0 aliphatic carbocycles. The first-order chi connectivity index (χ1) is 12.2. The molecule has 0 aliphatic rings. The number of nitrogen functional groups attached to an aromatic ring is 2. The highest BCUT2D eigenvalue weighted by Crippen LogP contribution is 2.30. The van der Waals surface area contributed by atoms with E-state index in [1.807, 2.05) is 60.7 Å². The van der Waals surface area contributed by atoms with Gasteiger partial charge in [0.05, 0.1) is 17.1 Å². The second-order valence-corrected chi connectivity index (χ2v) is 6.37. The summed E-state index contributed by atoms with van der Waals surface area (Å²) in [7, 11) is 0. The van der Waals surface area contributed by atoms with Crippen LogP contribution in [0.2, 0.25) is 0 Å². The first kappa shape index (κ1) is 15.4. The van der Waals surface area contributed by atoms with E-state index < -0.39 is 0 Å². The molecule has 5 N–H and O–H groups in total. The maximum Gasteiger partial charge on any atom is 0.217 e. The van der Waals surface area contributed by atoms with Crippen molar-refractivity contribution in [2.75, 3.05) is 11.2 Å². The summed E-state index contributed by atoms with van der Waals surface area (Å²) >= 11 is 1.44. The van der Waals surface area contributed by atoms with E-state index in [-0.39, 0.29) is 0 Å². The summed E-state index contributed by atoms with van der Waals surface area (Å²) in [6.45, 7) is 0. The highest BCUT2D eigenvalue weighted by Gasteiger charge is 2.11. The van der Waals surface area contributed by atoms with Crippen molar-refractivity contribution >= 4 is 28.8 Å². The molecule has 0 unspecified atom stereocenters. The minimum atomic E-state index is 0.569. The number of nitrogens with one attached hydrogen (secondary N) is 1. The van der Waals surface area contributed by atoms with Crippen LogP contribution in [0.4, 0.5) is 11.4 Å². The molecule has 0 fully saturated rings. The third-order valence-corrected chi connectivity index (χ3v) is 4.62. The van der Waals surface area contributed by atoms with Gasteiger partial charge < -0.3 is 11.2 Å². The summed E-state index contributed by atoms with van der Waals surface area (Å²) in [6.07, 6.45) is 0. The largest absolute Gasteiger partial charge is 0.397 e. The fourth-order valence-corrected chi connectivity index (χ4v) is 3.27. The quantitative estimate of drug-likeness (QED) is 0.295. The number of nitrogens with two attached hydrogens (primary N) is 2. The number of aromatic nitrogens is 4. The predicted octanol–water partition coefficient (Wildman–Crippen LogP) is 2.81. The SMILES string of the molecule is NNc1ccc(Sc2nnc3ccc(-c4ccccc4)nn23)cc1N. The Morgan fingerprint density at radius 1 is 0.960 bits per heavy atom. The first-order valence-corrected chi connectivity index (χ1v) is 8.38. The van der Waals surface area contributed by atoms with E-state index in [0.29, 0.717) is 22.2 Å². The van der Waals surface area contributed by atoms with Gasteiger partial charge in [-0.1, -0.05) is 30.3 Å². The van der Waals surface area contributed by atoms with Crippen LogP contribution in [-0.2, 0) is 0 Å². The van der Waals surface area contributed by atoms with Gasteiger partial charge in [-0.3, -0.25) is 5.84 Å². The maximum absolute atomic E-state index is 5.96. The van der Waals surface area contributed by atoms with Crippen molar-refractivity contribution in [2.24, 2.45) is 5.84 Å². The van der Waals surface area contributed by atoms with Gasteiger partial charge in [-0.2, -0.15) is 9.61 Å². The molecular formula is C17H15N7S. The molecule has 0 atom stereocenters. The lowest BCUT2D eigenvalue weighted by Crippen LogP contribution is -2.08. The van der Waals surface area contributed by atoms with Gasteiger partial charge in [0.25, 0.3) is 0 Å². The zero-order valence-corrected chi connectivity index (χ0v) is 13.9. The van der Waals surface area contributed by atoms with Crippen molar-refractivity contribution in [1.29, 1.82) is 0 Å². The predicted molar refractivity (Wildman–Crippen MR) is 99.0 cm³/mol. The molecule has 4 rings (SSSR count). The van der Waals surface area contributed by atoms with Gasteiger partial charge in [0.15, 0.2) is 5.65 Å². The van der Waals surface area contributed by atoms with Crippen molar-refractivity contribution in [3.63, 3.8) is 0 Å². The molecule has 0 spiro atoms. The van der Waals surface area contributed by atoms with Crippen molar-refractivity contribution in [3.05, 3.63) is 60.7 Å². The summed E-state index contributed by atoms with van der Waals surface area (Å²) < 4.78 is 1.73. The second kappa shape index (κ2) is 6.42. The maximum atomic E-state index is 5.96. The van der Waals surface area contributed by atoms with Crippen LogP contribution in [-0.4, -0.2) is 19.8 Å². The average Bonchev–Trinajstić information content (AvgIpc) is 3.05. The highest BCUT2D eigenvalue weighted by molar-refractivity contribution is 7.99. The number of hydrogen-bond acceptors (Lipinski definition) is 7. The minimum absolute atomic E-state index is 0.569. The monoisotopic (exact) mass is 349 g/mol. The number of benzene rings is 2. The minimum Gasteiger partial charge on any atom is -0.397 e. The Hall–Kier alpha value is -3.10. The molecule has 0 saturated heterocycles. The average molecular weight is 349 g/mol. The fraction of sp³-hybridized carbons (Fsp3) is 0. The Morgan fingerprint density at radius 2 is 1.80 bits per heavy atom. The molecule has 2 aromatic carbocycles. The molecule has 0 radical (unpaired) electrons. The number of nitrogens with zero attached hydrogens (tertiary/aromatic N) is 4. The van der Waals surface area contributed by atoms with E-state index in [4.69, 9.17) is 11.6 Å². The van der Waals surface area contributed by atoms with Gasteiger partial charge in [-0.25, -0.2) is 0 Å². The van der Waals surface area contributed by atoms with Crippen LogP contribution < -0.4 is 17.0 Å². The van der Waals surface area contributed by atoms with Crippen molar-refractivity contribution in [2.45, 2.75) is 10.1 Å². The Balaban J connectivity index is 1.71. The smallest absolute Gasteiger partial charge is 0.217 e. The number of fused-ring (bicyclic) bond motifs is 1. The first-order valence-electron chi connectivity index (χ1n) is 7.56. The molecule has 4 aromatic rings. The van der Waals surface area contributed by atoms with Gasteiger partial charge in [0.1, 0.15) is 0 Å². The second-order valence-electron chi connectivity index (χ2n) is 5.33. The molecule has 2 heterocycles.